The van der Waals surface area contributed by atoms with Crippen molar-refractivity contribution in [3.63, 3.8) is 0 Å². The van der Waals surface area contributed by atoms with Crippen LogP contribution >= 0.6 is 23.5 Å². The smallest absolute Gasteiger partial charge is 0.375 e. The first-order valence-corrected chi connectivity index (χ1v) is 41.7. The molecule has 0 radical (unpaired) electrons. The number of nitrogens with two attached hydrogens (primary N) is 1. The maximum atomic E-state index is 15.0. The predicted molar refractivity (Wildman–Crippen MR) is 439 cm³/mol. The number of phenolic OH excluding ortho intramolecular Hbond substituents is 2. The summed E-state index contributed by atoms with van der Waals surface area (Å²) in [4.78, 5) is 82.0. The van der Waals surface area contributed by atoms with Gasteiger partial charge in [-0.2, -0.15) is 10.5 Å². The molecule has 6 aromatic carbocycles. The fraction of sp³-hybridized carbons (Fsp3) is 0.420. The molecule has 29 nitrogen and oxygen atoms in total. The lowest BCUT2D eigenvalue weighted by atomic mass is 9.71. The van der Waals surface area contributed by atoms with Crippen molar-refractivity contribution in [2.45, 2.75) is 144 Å². The molecular weight excluding hydrogens is 1570 g/mol. The van der Waals surface area contributed by atoms with Crippen molar-refractivity contribution in [1.29, 1.82) is 10.5 Å². The number of H-pyrrole nitrogens is 2. The number of nitrogens with zero attached hydrogens (tertiary/aromatic N) is 6. The summed E-state index contributed by atoms with van der Waals surface area (Å²) < 4.78 is 70.9. The molecule has 2 aromatic heterocycles. The van der Waals surface area contributed by atoms with E-state index in [0.717, 1.165) is 62.1 Å². The fourth-order valence-corrected chi connectivity index (χ4v) is 23.8. The van der Waals surface area contributed by atoms with Gasteiger partial charge in [-0.3, -0.25) is 39.3 Å². The lowest BCUT2D eigenvalue weighted by molar-refractivity contribution is -0.157. The molecule has 8 aromatic rings. The van der Waals surface area contributed by atoms with Gasteiger partial charge in [0.15, 0.2) is 51.5 Å². The number of cyclic esters (lactones) is 1. The van der Waals surface area contributed by atoms with E-state index in [2.05, 4.69) is 66.2 Å². The number of benzene rings is 6. The number of hydrogen-bond donors (Lipinski definition) is 6. The SMILES string of the molecule is C=CCN1[C@@H]2c3c(cc(C)c(OC)c3O)C[C@H]1[C@H](C#N)N1C2[C@@H]2SCC(=O)C(=O)OC[C@H]1c1c3c(c(C)c(OC(C)=O)c12)OCO3.C=CCN1[C@@H]2c3c(cc(C)c(OC)c3O)C[C@H]1[C@H](C#N)N1C2[C@@H]2SC[C@]3(NCCc4c3[nH]c3ccc(OC)cc43)C(=O)OC[C@H]1c1c3c(c(C)c(OC(C)=O)c12)OCO3.COc1ccc2[nH]cc(CCN)c2c1. The summed E-state index contributed by atoms with van der Waals surface area (Å²) in [5, 5.41) is 50.9. The van der Waals surface area contributed by atoms with E-state index in [1.54, 1.807) is 34.3 Å². The number of ketones is 1. The van der Waals surface area contributed by atoms with Crippen molar-refractivity contribution in [3.8, 4) is 81.1 Å². The average Bonchev–Trinajstić information content (AvgIpc) is 1.48. The van der Waals surface area contributed by atoms with Crippen LogP contribution in [0.1, 0.15) is 132 Å². The summed E-state index contributed by atoms with van der Waals surface area (Å²) in [6.07, 6.45) is 8.12. The molecule has 31 heteroatoms. The average molecular weight is 1660 g/mol. The first-order chi connectivity index (χ1) is 57.5. The van der Waals surface area contributed by atoms with Gasteiger partial charge in [0.25, 0.3) is 0 Å². The Morgan fingerprint density at radius 1 is 0.647 bits per heavy atom. The molecule has 8 bridgehead atoms. The van der Waals surface area contributed by atoms with Gasteiger partial charge in [-0.25, -0.2) is 9.59 Å². The summed E-state index contributed by atoms with van der Waals surface area (Å²) in [6, 6.07) is 15.4. The minimum Gasteiger partial charge on any atom is -0.504 e. The van der Waals surface area contributed by atoms with E-state index >= 15 is 0 Å². The standard InChI is InChI=1S/C44H45N5O9S.C33H33N3O9S.C11H14N2O/c1-7-12-48-28-14-23-13-20(2)37(54-6)36(51)31(23)34(48)35-41-33-32(40-39(56-19-57-40)21(3)38(33)58-22(4)50)30(49(35)29(28)16-45)17-55-43(52)44(18-59-41)42-25(10-11-46-44)26-15-24(53-5)8-9-27(26)47-42;1-6-7-35-18-9-17-8-14(2)28(41-5)27(39)22(17)25(35)26-32-24-23(31-30(43-13-44-31)15(3)29(24)45-16(4)37)20(36(26)19(18)10-34)11-42-33(40)21(38)12-46-32;1-14-9-2-3-11-10(6-9)8(4-5-12)7-13-11/h7-9,13,15,28-30,34-35,41,46-47,51H,1,10-12,14,17-19H2,2-6H3;6,8,18-20,25-26,32,39H,1,7,9,11-13H2,2-5H3;2-3,6-7,13H,4-5,12H2,1H3/t28-,29-,30-,34+,35?,41+,44+;18-,19-,20-,25+,26?,32+;/m00./s1. The van der Waals surface area contributed by atoms with Crippen molar-refractivity contribution in [3.05, 3.63) is 164 Å². The first-order valence-electron chi connectivity index (χ1n) is 39.6. The van der Waals surface area contributed by atoms with Crippen LogP contribution in [0.5, 0.6) is 69.0 Å². The van der Waals surface area contributed by atoms with Gasteiger partial charge in [-0.15, -0.1) is 36.7 Å². The number of esters is 4. The number of ether oxygens (including phenoxy) is 12. The third kappa shape index (κ3) is 12.6. The number of nitrogens with one attached hydrogen (secondary N) is 3. The second-order valence-electron chi connectivity index (χ2n) is 31.5. The number of thioether (sulfide) groups is 2. The molecule has 0 saturated carbocycles. The number of methoxy groups -OCH3 is 4. The van der Waals surface area contributed by atoms with Crippen molar-refractivity contribution < 1.29 is 91.0 Å². The predicted octanol–water partition coefficient (Wildman–Crippen LogP) is 10.4. The van der Waals surface area contributed by atoms with Crippen molar-refractivity contribution >= 4 is 75.0 Å². The van der Waals surface area contributed by atoms with Crippen LogP contribution in [0.2, 0.25) is 0 Å². The lowest BCUT2D eigenvalue weighted by Gasteiger charge is -2.62. The number of rotatable bonds is 12. The molecule has 12 aliphatic heterocycles. The van der Waals surface area contributed by atoms with Crippen LogP contribution in [0.25, 0.3) is 21.8 Å². The highest BCUT2D eigenvalue weighted by atomic mass is 32.2. The Morgan fingerprint density at radius 3 is 1.65 bits per heavy atom. The normalized spacial score (nSPS) is 25.8. The molecule has 12 aliphatic rings. The molecule has 13 atom stereocenters. The Labute approximate surface area is 694 Å². The zero-order valence-electron chi connectivity index (χ0n) is 67.5. The van der Waals surface area contributed by atoms with E-state index in [1.165, 1.54) is 55.4 Å². The number of hydrogen-bond acceptors (Lipinski definition) is 29. The molecule has 0 aliphatic carbocycles. The molecule has 4 fully saturated rings. The number of aryl methyl sites for hydroxylation is 2. The quantitative estimate of drug-likeness (QED) is 0.0286. The van der Waals surface area contributed by atoms with Crippen LogP contribution in [-0.4, -0.2) is 199 Å². The van der Waals surface area contributed by atoms with E-state index in [4.69, 9.17) is 62.6 Å². The number of carbonyl (C=O) groups excluding carboxylic acids is 5. The van der Waals surface area contributed by atoms with Gasteiger partial charge < -0.3 is 82.8 Å². The van der Waals surface area contributed by atoms with Crippen LogP contribution < -0.4 is 58.4 Å². The highest BCUT2D eigenvalue weighted by molar-refractivity contribution is 8.00. The fourth-order valence-electron chi connectivity index (χ4n) is 20.8. The van der Waals surface area contributed by atoms with E-state index in [1.807, 2.05) is 75.5 Å². The van der Waals surface area contributed by atoms with Crippen molar-refractivity contribution in [2.24, 2.45) is 5.73 Å². The number of fused-ring (bicyclic) bond motifs is 21. The number of phenols is 2. The molecule has 119 heavy (non-hydrogen) atoms. The summed E-state index contributed by atoms with van der Waals surface area (Å²) >= 11 is 2.74. The topological polar surface area (TPSA) is 367 Å². The molecule has 7 N–H and O–H groups in total. The molecule has 0 amide bonds. The Balaban J connectivity index is 0.000000149. The van der Waals surface area contributed by atoms with Crippen LogP contribution in [0.15, 0.2) is 80.0 Å². The highest BCUT2D eigenvalue weighted by Gasteiger charge is 2.65. The summed E-state index contributed by atoms with van der Waals surface area (Å²) in [7, 11) is 6.37. The number of aromatic nitrogens is 2. The molecule has 4 saturated heterocycles. The van der Waals surface area contributed by atoms with E-state index in [-0.39, 0.29) is 67.6 Å². The number of aromatic amines is 2. The number of piperazine rings is 2. The van der Waals surface area contributed by atoms with E-state index < -0.39 is 94.0 Å². The zero-order chi connectivity index (χ0) is 83.6. The second-order valence-corrected chi connectivity index (χ2v) is 33.7. The van der Waals surface area contributed by atoms with Crippen LogP contribution in [-0.2, 0) is 64.7 Å². The summed E-state index contributed by atoms with van der Waals surface area (Å²) in [6.45, 7) is 19.7. The second kappa shape index (κ2) is 31.5. The zero-order valence-corrected chi connectivity index (χ0v) is 69.1. The number of nitriles is 2. The maximum absolute atomic E-state index is 15.0. The Morgan fingerprint density at radius 2 is 1.15 bits per heavy atom. The van der Waals surface area contributed by atoms with Gasteiger partial charge in [0.2, 0.25) is 19.4 Å². The van der Waals surface area contributed by atoms with Gasteiger partial charge in [0.1, 0.15) is 48.3 Å². The van der Waals surface area contributed by atoms with Gasteiger partial charge >= 0.3 is 23.9 Å². The monoisotopic (exact) mass is 1660 g/mol. The Hall–Kier alpha value is -11.1. The van der Waals surface area contributed by atoms with Gasteiger partial charge in [-0.1, -0.05) is 24.3 Å². The van der Waals surface area contributed by atoms with Crippen molar-refractivity contribution in [2.75, 3.05) is 92.9 Å². The molecular formula is C88H92N10O19S2. The number of Topliss-reactive ketones (excluding diaryl/α,β-unsaturated/α-hetero) is 1. The van der Waals surface area contributed by atoms with Gasteiger partial charge in [0.05, 0.1) is 86.7 Å². The van der Waals surface area contributed by atoms with E-state index in [0.29, 0.717) is 136 Å². The van der Waals surface area contributed by atoms with Gasteiger partial charge in [-0.05, 0) is 130 Å². The summed E-state index contributed by atoms with van der Waals surface area (Å²) in [5.41, 5.74) is 17.7. The van der Waals surface area contributed by atoms with Crippen LogP contribution in [0.3, 0.4) is 0 Å². The van der Waals surface area contributed by atoms with Crippen LogP contribution in [0, 0.1) is 50.4 Å². The first kappa shape index (κ1) is 80.3. The Bertz CT molecular complexity index is 5680. The lowest BCUT2D eigenvalue weighted by Crippen LogP contribution is -2.70. The minimum absolute atomic E-state index is 0.00754. The molecule has 620 valence electrons. The largest absolute Gasteiger partial charge is 0.504 e. The molecule has 1 spiro atoms. The van der Waals surface area contributed by atoms with Crippen LogP contribution in [0.4, 0.5) is 0 Å². The van der Waals surface area contributed by atoms with Gasteiger partial charge in [0, 0.05) is 136 Å². The summed E-state index contributed by atoms with van der Waals surface area (Å²) in [5.74, 6) is 1.59. The maximum Gasteiger partial charge on any atom is 0.375 e. The molecule has 20 rings (SSSR count). The number of aromatic hydroxyl groups is 2. The third-order valence-electron chi connectivity index (χ3n) is 25.3. The molecule has 2 unspecified atom stereocenters. The third-order valence-corrected chi connectivity index (χ3v) is 28.1. The highest BCUT2D eigenvalue weighted by Crippen LogP contribution is 2.68. The minimum atomic E-state index is -1.31. The molecule has 14 heterocycles. The Kier molecular flexibility index (Phi) is 21.3. The van der Waals surface area contributed by atoms with E-state index in [9.17, 15) is 44.7 Å². The van der Waals surface area contributed by atoms with Crippen molar-refractivity contribution in [1.82, 2.24) is 34.9 Å². The number of carbonyl (C=O) groups is 5.